The Bertz CT molecular complexity index is 733. The molecule has 130 valence electrons. The van der Waals surface area contributed by atoms with E-state index in [1.54, 1.807) is 37.6 Å². The van der Waals surface area contributed by atoms with Gasteiger partial charge in [0.1, 0.15) is 24.2 Å². The summed E-state index contributed by atoms with van der Waals surface area (Å²) in [5.41, 5.74) is 0. The van der Waals surface area contributed by atoms with Crippen molar-refractivity contribution in [2.24, 2.45) is 20.4 Å². The lowest BCUT2D eigenvalue weighted by molar-refractivity contribution is 0.204. The molecule has 2 aromatic rings. The van der Waals surface area contributed by atoms with E-state index in [4.69, 9.17) is 8.83 Å². The van der Waals surface area contributed by atoms with Gasteiger partial charge in [-0.15, -0.1) is 10.2 Å². The molecule has 0 radical (unpaired) electrons. The van der Waals surface area contributed by atoms with E-state index in [0.29, 0.717) is 17.6 Å². The summed E-state index contributed by atoms with van der Waals surface area (Å²) in [7, 11) is 0. The van der Waals surface area contributed by atoms with E-state index in [1.165, 1.54) is 0 Å². The predicted molar refractivity (Wildman–Crippen MR) is 97.3 cm³/mol. The smallest absolute Gasteiger partial charge is 0.146 e. The van der Waals surface area contributed by atoms with Crippen molar-refractivity contribution in [2.75, 3.05) is 19.6 Å². The van der Waals surface area contributed by atoms with Gasteiger partial charge in [0, 0.05) is 25.7 Å². The van der Waals surface area contributed by atoms with E-state index < -0.39 is 0 Å². The highest BCUT2D eigenvalue weighted by atomic mass is 16.3. The molecule has 0 spiro atoms. The molecule has 0 unspecified atom stereocenters. The molecule has 2 aromatic heterocycles. The van der Waals surface area contributed by atoms with Crippen LogP contribution in [-0.2, 0) is 0 Å². The maximum Gasteiger partial charge on any atom is 0.146 e. The van der Waals surface area contributed by atoms with Gasteiger partial charge in [-0.3, -0.25) is 0 Å². The van der Waals surface area contributed by atoms with Gasteiger partial charge in [-0.2, -0.15) is 10.2 Å². The first-order chi connectivity index (χ1) is 12.3. The van der Waals surface area contributed by atoms with Crippen LogP contribution < -0.4 is 0 Å². The number of nitrogens with zero attached hydrogens (tertiary/aromatic N) is 6. The van der Waals surface area contributed by atoms with Gasteiger partial charge in [0.2, 0.25) is 0 Å². The first-order valence-electron chi connectivity index (χ1n) is 8.01. The second-order valence-corrected chi connectivity index (χ2v) is 5.56. The monoisotopic (exact) mass is 340 g/mol. The van der Waals surface area contributed by atoms with E-state index in [0.717, 1.165) is 19.6 Å². The van der Waals surface area contributed by atoms with Gasteiger partial charge in [-0.1, -0.05) is 0 Å². The van der Waals surface area contributed by atoms with Crippen LogP contribution in [0.4, 0.5) is 0 Å². The van der Waals surface area contributed by atoms with Gasteiger partial charge in [0.15, 0.2) is 0 Å². The Morgan fingerprint density at radius 2 is 1.56 bits per heavy atom. The average molecular weight is 340 g/mol. The molecule has 1 aliphatic rings. The summed E-state index contributed by atoms with van der Waals surface area (Å²) >= 11 is 0. The van der Waals surface area contributed by atoms with Crippen molar-refractivity contribution >= 4 is 25.1 Å². The van der Waals surface area contributed by atoms with E-state index >= 15 is 0 Å². The van der Waals surface area contributed by atoms with Crippen molar-refractivity contribution in [3.8, 4) is 0 Å². The van der Waals surface area contributed by atoms with E-state index in [1.807, 2.05) is 24.3 Å². The van der Waals surface area contributed by atoms with Gasteiger partial charge in [-0.05, 0) is 31.2 Å². The molecule has 0 saturated carbocycles. The van der Waals surface area contributed by atoms with Gasteiger partial charge < -0.3 is 18.6 Å². The Balaban J connectivity index is 1.44. The van der Waals surface area contributed by atoms with E-state index in [2.05, 4.69) is 37.1 Å². The third-order valence-electron chi connectivity index (χ3n) is 3.71. The van der Waals surface area contributed by atoms with Crippen molar-refractivity contribution in [2.45, 2.75) is 13.0 Å². The van der Waals surface area contributed by atoms with Crippen LogP contribution in [0.25, 0.3) is 0 Å². The molecule has 0 aromatic carbocycles. The van der Waals surface area contributed by atoms with Gasteiger partial charge >= 0.3 is 0 Å². The maximum absolute atomic E-state index is 5.16. The minimum atomic E-state index is 0.303. The molecule has 0 aliphatic carbocycles. The fourth-order valence-electron chi connectivity index (χ4n) is 2.39. The number of rotatable bonds is 6. The van der Waals surface area contributed by atoms with Crippen molar-refractivity contribution < 1.29 is 8.83 Å². The molecule has 8 nitrogen and oxygen atoms in total. The Morgan fingerprint density at radius 1 is 0.920 bits per heavy atom. The summed E-state index contributed by atoms with van der Waals surface area (Å²) in [6.07, 6.45) is 9.88. The summed E-state index contributed by atoms with van der Waals surface area (Å²) in [5, 5.41) is 16.1. The number of hydrogen-bond acceptors (Lipinski definition) is 6. The van der Waals surface area contributed by atoms with Gasteiger partial charge in [-0.25, -0.2) is 0 Å². The maximum atomic E-state index is 5.16. The molecule has 1 aliphatic heterocycles. The van der Waals surface area contributed by atoms with Crippen molar-refractivity contribution in [1.29, 1.82) is 0 Å². The highest BCUT2D eigenvalue weighted by molar-refractivity contribution is 5.76. The molecular weight excluding hydrogens is 320 g/mol. The SMILES string of the molecule is C[C@@H]1CN(/C=N/N=C/c2ccco2)CCN1/C=N/N=C/c1ccco1. The number of hydrogen-bond donors (Lipinski definition) is 0. The Morgan fingerprint density at radius 3 is 2.12 bits per heavy atom. The van der Waals surface area contributed by atoms with Crippen LogP contribution in [-0.4, -0.2) is 60.6 Å². The van der Waals surface area contributed by atoms with Crippen LogP contribution in [0.1, 0.15) is 18.4 Å². The predicted octanol–water partition coefficient (Wildman–Crippen LogP) is 2.30. The summed E-state index contributed by atoms with van der Waals surface area (Å²) in [5.74, 6) is 1.36. The molecule has 8 heteroatoms. The van der Waals surface area contributed by atoms with Crippen molar-refractivity contribution in [3.63, 3.8) is 0 Å². The molecule has 25 heavy (non-hydrogen) atoms. The summed E-state index contributed by atoms with van der Waals surface area (Å²) in [6, 6.07) is 7.58. The molecule has 0 amide bonds. The highest BCUT2D eigenvalue weighted by Gasteiger charge is 2.19. The van der Waals surface area contributed by atoms with Crippen molar-refractivity contribution in [1.82, 2.24) is 9.80 Å². The highest BCUT2D eigenvalue weighted by Crippen LogP contribution is 2.06. The zero-order valence-corrected chi connectivity index (χ0v) is 14.0. The summed E-state index contributed by atoms with van der Waals surface area (Å²) in [4.78, 5) is 4.27. The van der Waals surface area contributed by atoms with E-state index in [9.17, 15) is 0 Å². The third kappa shape index (κ3) is 5.17. The first-order valence-corrected chi connectivity index (χ1v) is 8.01. The topological polar surface area (TPSA) is 82.2 Å². The van der Waals surface area contributed by atoms with Gasteiger partial charge in [0.05, 0.1) is 25.0 Å². The molecule has 0 bridgehead atoms. The second-order valence-electron chi connectivity index (χ2n) is 5.56. The normalized spacial score (nSPS) is 19.3. The van der Waals surface area contributed by atoms with Crippen LogP contribution in [0, 0.1) is 0 Å². The molecule has 0 N–H and O–H groups in total. The van der Waals surface area contributed by atoms with Gasteiger partial charge in [0.25, 0.3) is 0 Å². The molecule has 1 atom stereocenters. The van der Waals surface area contributed by atoms with Crippen LogP contribution in [0.15, 0.2) is 66.0 Å². The number of piperazine rings is 1. The standard InChI is InChI=1S/C17H20N6O2/c1-15-12-22(13-20-18-10-16-4-2-8-24-16)6-7-23(15)14-21-19-11-17-5-3-9-25-17/h2-5,8-11,13-15H,6-7,12H2,1H3/b18-10+,19-11+,20-13+,21-14+/t15-/m1/s1. The Hall–Kier alpha value is -3.16. The molecule has 1 fully saturated rings. The quantitative estimate of drug-likeness (QED) is 0.459. The lowest BCUT2D eigenvalue weighted by Gasteiger charge is -2.37. The van der Waals surface area contributed by atoms with Crippen molar-refractivity contribution in [3.05, 3.63) is 48.3 Å². The fourth-order valence-corrected chi connectivity index (χ4v) is 2.39. The average Bonchev–Trinajstić information content (AvgIpc) is 3.31. The Kier molecular flexibility index (Phi) is 5.76. The zero-order valence-electron chi connectivity index (χ0n) is 14.0. The van der Waals surface area contributed by atoms with Crippen LogP contribution in [0.5, 0.6) is 0 Å². The zero-order chi connectivity index (χ0) is 17.3. The first kappa shape index (κ1) is 16.7. The minimum absolute atomic E-state index is 0.303. The van der Waals surface area contributed by atoms with E-state index in [-0.39, 0.29) is 0 Å². The molecular formula is C17H20N6O2. The fraction of sp³-hybridized carbons (Fsp3) is 0.294. The Labute approximate surface area is 145 Å². The number of furan rings is 2. The lowest BCUT2D eigenvalue weighted by atomic mass is 10.2. The molecule has 3 heterocycles. The van der Waals surface area contributed by atoms with Crippen LogP contribution in [0.2, 0.25) is 0 Å². The summed E-state index contributed by atoms with van der Waals surface area (Å²) in [6.45, 7) is 4.66. The second kappa shape index (κ2) is 8.62. The lowest BCUT2D eigenvalue weighted by Crippen LogP contribution is -2.50. The van der Waals surface area contributed by atoms with Crippen LogP contribution in [0.3, 0.4) is 0 Å². The largest absolute Gasteiger partial charge is 0.463 e. The third-order valence-corrected chi connectivity index (χ3v) is 3.71. The van der Waals surface area contributed by atoms with Crippen LogP contribution >= 0.6 is 0 Å². The minimum Gasteiger partial charge on any atom is -0.463 e. The molecule has 3 rings (SSSR count). The summed E-state index contributed by atoms with van der Waals surface area (Å²) < 4.78 is 10.3. The molecule has 1 saturated heterocycles.